The average Bonchev–Trinajstić information content (AvgIpc) is 2.67. The Morgan fingerprint density at radius 1 is 1.11 bits per heavy atom. The smallest absolute Gasteiger partial charge is 0.303 e. The molecular weight excluding hydrogens is 486 g/mol. The summed E-state index contributed by atoms with van der Waals surface area (Å²) in [4.78, 5) is 10.8. The Bertz CT molecular complexity index is 768. The summed E-state index contributed by atoms with van der Waals surface area (Å²) in [6, 6.07) is 12.1. The standard InChI is InChI=1S/C22H27Br2NO3/c1-3-15(4-2)13-25-18-7-5-6-17(10-18)14-28-22-19(23)11-16(12-20(22)24)8-9-21(26)27/h5-7,10-12,15,25H,3-4,8-9,13-14H2,1-2H3,(H,26,27). The highest BCUT2D eigenvalue weighted by atomic mass is 79.9. The van der Waals surface area contributed by atoms with Crippen LogP contribution in [0.25, 0.3) is 0 Å². The fraction of sp³-hybridized carbons (Fsp3) is 0.409. The third-order valence-electron chi connectivity index (χ3n) is 4.75. The van der Waals surface area contributed by atoms with E-state index >= 15 is 0 Å². The lowest BCUT2D eigenvalue weighted by Gasteiger charge is -2.16. The highest BCUT2D eigenvalue weighted by Crippen LogP contribution is 2.35. The molecule has 0 aliphatic carbocycles. The Morgan fingerprint density at radius 2 is 1.79 bits per heavy atom. The molecule has 0 saturated heterocycles. The number of halogens is 2. The SMILES string of the molecule is CCC(CC)CNc1cccc(COc2c(Br)cc(CCC(=O)O)cc2Br)c1. The number of carboxylic acids is 1. The van der Waals surface area contributed by atoms with Crippen LogP contribution in [0.2, 0.25) is 0 Å². The molecule has 0 amide bonds. The first-order chi connectivity index (χ1) is 13.4. The van der Waals surface area contributed by atoms with Gasteiger partial charge in [0, 0.05) is 18.7 Å². The topological polar surface area (TPSA) is 58.6 Å². The van der Waals surface area contributed by atoms with Crippen LogP contribution in [0.5, 0.6) is 5.75 Å². The molecule has 152 valence electrons. The molecule has 0 aromatic heterocycles. The van der Waals surface area contributed by atoms with Gasteiger partial charge in [0.2, 0.25) is 0 Å². The molecule has 28 heavy (non-hydrogen) atoms. The van der Waals surface area contributed by atoms with Crippen LogP contribution in [-0.4, -0.2) is 17.6 Å². The Hall–Kier alpha value is -1.53. The van der Waals surface area contributed by atoms with Gasteiger partial charge < -0.3 is 15.2 Å². The molecule has 2 aromatic carbocycles. The zero-order chi connectivity index (χ0) is 20.5. The number of nitrogens with one attached hydrogen (secondary N) is 1. The van der Waals surface area contributed by atoms with E-state index in [2.05, 4.69) is 63.2 Å². The fourth-order valence-electron chi connectivity index (χ4n) is 2.91. The summed E-state index contributed by atoms with van der Waals surface area (Å²) in [5.74, 6) is 0.603. The van der Waals surface area contributed by atoms with Gasteiger partial charge in [-0.2, -0.15) is 0 Å². The van der Waals surface area contributed by atoms with Crippen LogP contribution < -0.4 is 10.1 Å². The van der Waals surface area contributed by atoms with E-state index < -0.39 is 5.97 Å². The van der Waals surface area contributed by atoms with Gasteiger partial charge in [-0.05, 0) is 79.6 Å². The zero-order valence-electron chi connectivity index (χ0n) is 16.3. The molecule has 0 aliphatic rings. The van der Waals surface area contributed by atoms with Crippen molar-refractivity contribution in [3.05, 3.63) is 56.5 Å². The fourth-order valence-corrected chi connectivity index (χ4v) is 4.42. The molecule has 0 unspecified atom stereocenters. The van der Waals surface area contributed by atoms with Gasteiger partial charge in [0.15, 0.2) is 0 Å². The molecule has 2 rings (SSSR count). The molecule has 0 radical (unpaired) electrons. The maximum atomic E-state index is 10.8. The number of aryl methyl sites for hydroxylation is 1. The van der Waals surface area contributed by atoms with Gasteiger partial charge in [0.1, 0.15) is 12.4 Å². The van der Waals surface area contributed by atoms with E-state index in [0.29, 0.717) is 18.9 Å². The van der Waals surface area contributed by atoms with Gasteiger partial charge in [-0.3, -0.25) is 4.79 Å². The molecule has 4 nitrogen and oxygen atoms in total. The van der Waals surface area contributed by atoms with Crippen LogP contribution >= 0.6 is 31.9 Å². The van der Waals surface area contributed by atoms with Crippen molar-refractivity contribution in [2.75, 3.05) is 11.9 Å². The first kappa shape index (κ1) is 22.8. The van der Waals surface area contributed by atoms with Gasteiger partial charge in [-0.25, -0.2) is 0 Å². The van der Waals surface area contributed by atoms with E-state index in [1.54, 1.807) is 0 Å². The molecule has 0 aliphatic heterocycles. The lowest BCUT2D eigenvalue weighted by atomic mass is 10.0. The number of anilines is 1. The number of aliphatic carboxylic acids is 1. The second-order valence-corrected chi connectivity index (χ2v) is 8.54. The first-order valence-corrected chi connectivity index (χ1v) is 11.2. The summed E-state index contributed by atoms with van der Waals surface area (Å²) >= 11 is 7.07. The van der Waals surface area contributed by atoms with Gasteiger partial charge in [0.25, 0.3) is 0 Å². The molecule has 0 saturated carbocycles. The lowest BCUT2D eigenvalue weighted by Crippen LogP contribution is -2.12. The van der Waals surface area contributed by atoms with E-state index in [1.165, 1.54) is 12.8 Å². The molecule has 6 heteroatoms. The van der Waals surface area contributed by atoms with Crippen molar-refractivity contribution in [3.63, 3.8) is 0 Å². The summed E-state index contributed by atoms with van der Waals surface area (Å²) in [5, 5.41) is 12.4. The molecule has 2 aromatic rings. The monoisotopic (exact) mass is 511 g/mol. The van der Waals surface area contributed by atoms with Gasteiger partial charge in [0.05, 0.1) is 8.95 Å². The average molecular weight is 513 g/mol. The molecule has 0 bridgehead atoms. The van der Waals surface area contributed by atoms with Crippen LogP contribution in [0, 0.1) is 5.92 Å². The summed E-state index contributed by atoms with van der Waals surface area (Å²) in [5.41, 5.74) is 3.14. The number of rotatable bonds is 11. The van der Waals surface area contributed by atoms with E-state index in [0.717, 1.165) is 38.1 Å². The van der Waals surface area contributed by atoms with Crippen LogP contribution in [-0.2, 0) is 17.8 Å². The van der Waals surface area contributed by atoms with Crippen molar-refractivity contribution in [2.45, 2.75) is 46.1 Å². The number of benzene rings is 2. The Morgan fingerprint density at radius 3 is 2.39 bits per heavy atom. The first-order valence-electron chi connectivity index (χ1n) is 9.58. The predicted molar refractivity (Wildman–Crippen MR) is 121 cm³/mol. The van der Waals surface area contributed by atoms with Crippen molar-refractivity contribution >= 4 is 43.5 Å². The minimum absolute atomic E-state index is 0.107. The minimum atomic E-state index is -0.801. The van der Waals surface area contributed by atoms with Gasteiger partial charge >= 0.3 is 5.97 Å². The van der Waals surface area contributed by atoms with Gasteiger partial charge in [-0.1, -0.05) is 38.8 Å². The molecular formula is C22H27Br2NO3. The lowest BCUT2D eigenvalue weighted by molar-refractivity contribution is -0.136. The van der Waals surface area contributed by atoms with E-state index in [9.17, 15) is 4.79 Å². The maximum Gasteiger partial charge on any atom is 0.303 e. The second kappa shape index (κ2) is 11.5. The third kappa shape index (κ3) is 7.13. The normalized spacial score (nSPS) is 10.9. The van der Waals surface area contributed by atoms with Crippen molar-refractivity contribution in [1.82, 2.24) is 0 Å². The molecule has 0 heterocycles. The summed E-state index contributed by atoms with van der Waals surface area (Å²) in [7, 11) is 0. The summed E-state index contributed by atoms with van der Waals surface area (Å²) < 4.78 is 7.64. The highest BCUT2D eigenvalue weighted by molar-refractivity contribution is 9.11. The summed E-state index contributed by atoms with van der Waals surface area (Å²) in [6.45, 7) is 5.88. The largest absolute Gasteiger partial charge is 0.487 e. The molecule has 2 N–H and O–H groups in total. The van der Waals surface area contributed by atoms with Crippen molar-refractivity contribution < 1.29 is 14.6 Å². The van der Waals surface area contributed by atoms with Crippen molar-refractivity contribution in [1.29, 1.82) is 0 Å². The van der Waals surface area contributed by atoms with Crippen LogP contribution in [0.4, 0.5) is 5.69 Å². The third-order valence-corrected chi connectivity index (χ3v) is 5.92. The number of carboxylic acid groups (broad SMARTS) is 1. The number of hydrogen-bond acceptors (Lipinski definition) is 3. The van der Waals surface area contributed by atoms with Crippen LogP contribution in [0.3, 0.4) is 0 Å². The molecule has 0 fully saturated rings. The molecule has 0 spiro atoms. The maximum absolute atomic E-state index is 10.8. The Labute approximate surface area is 183 Å². The van der Waals surface area contributed by atoms with Crippen molar-refractivity contribution in [2.24, 2.45) is 5.92 Å². The highest BCUT2D eigenvalue weighted by Gasteiger charge is 2.11. The van der Waals surface area contributed by atoms with E-state index in [4.69, 9.17) is 9.84 Å². The quantitative estimate of drug-likeness (QED) is 0.353. The van der Waals surface area contributed by atoms with Gasteiger partial charge in [-0.15, -0.1) is 0 Å². The molecule has 0 atom stereocenters. The second-order valence-electron chi connectivity index (χ2n) is 6.83. The van der Waals surface area contributed by atoms with E-state index in [1.807, 2.05) is 24.3 Å². The van der Waals surface area contributed by atoms with Crippen molar-refractivity contribution in [3.8, 4) is 5.75 Å². The number of carbonyl (C=O) groups is 1. The predicted octanol–water partition coefficient (Wildman–Crippen LogP) is 6.66. The van der Waals surface area contributed by atoms with Crippen LogP contribution in [0.1, 0.15) is 44.2 Å². The zero-order valence-corrected chi connectivity index (χ0v) is 19.5. The Kier molecular flexibility index (Phi) is 9.32. The summed E-state index contributed by atoms with van der Waals surface area (Å²) in [6.07, 6.45) is 2.94. The Balaban J connectivity index is 2.00. The minimum Gasteiger partial charge on any atom is -0.487 e. The van der Waals surface area contributed by atoms with Crippen LogP contribution in [0.15, 0.2) is 45.3 Å². The van der Waals surface area contributed by atoms with E-state index in [-0.39, 0.29) is 6.42 Å². The number of hydrogen-bond donors (Lipinski definition) is 2. The number of ether oxygens (including phenoxy) is 1.